The molecule has 0 radical (unpaired) electrons. The molecule has 2 saturated heterocycles. The van der Waals surface area contributed by atoms with Crippen LogP contribution in [0, 0.1) is 0 Å². The summed E-state index contributed by atoms with van der Waals surface area (Å²) in [6.45, 7) is 0.482. The molecule has 14 N–H and O–H groups in total. The zero-order valence-corrected chi connectivity index (χ0v) is 34.9. The standard InChI is InChI=1S/C43H56N12O8/c44-16-6-5-13-30-38(59)54-34(21-36(56)57)42(63)55-18-8-15-35(55)41(62)53-33(20-25-23-49-29-12-4-2-10-27(25)29)40(61)51-31(14-7-17-47-43(45)46)37(58)52-32(39(60)50-30)19-24-22-48-28-11-3-1-9-26(24)28/h1-4,9-12,22-23,30-35,48-49H,5-8,13-21,44H2,(H,50,60)(H,51,61)(H,52,58)(H,53,62)(H,54,59)(H,56,57)(H4,45,46,47)/t30-,31-,32-,33-,34-,35-/m0/s1. The van der Waals surface area contributed by atoms with Gasteiger partial charge in [0.2, 0.25) is 35.4 Å². The lowest BCUT2D eigenvalue weighted by Crippen LogP contribution is -2.62. The van der Waals surface area contributed by atoms with Gasteiger partial charge in [0.25, 0.3) is 0 Å². The van der Waals surface area contributed by atoms with E-state index in [1.54, 1.807) is 12.4 Å². The molecular formula is C43H56N12O8. The zero-order valence-electron chi connectivity index (χ0n) is 34.9. The Hall–Kier alpha value is -6.96. The summed E-state index contributed by atoms with van der Waals surface area (Å²) < 4.78 is 0. The predicted molar refractivity (Wildman–Crippen MR) is 233 cm³/mol. The van der Waals surface area contributed by atoms with E-state index in [0.29, 0.717) is 36.9 Å². The highest BCUT2D eigenvalue weighted by Crippen LogP contribution is 2.23. The van der Waals surface area contributed by atoms with Crippen LogP contribution in [0.3, 0.4) is 0 Å². The predicted octanol–water partition coefficient (Wildman–Crippen LogP) is -0.480. The Balaban J connectivity index is 1.41. The molecule has 0 aliphatic carbocycles. The average Bonchev–Trinajstić information content (AvgIpc) is 4.02. The summed E-state index contributed by atoms with van der Waals surface area (Å²) in [5.74, 6) is -6.07. The van der Waals surface area contributed by atoms with E-state index in [1.807, 2.05) is 48.5 Å². The summed E-state index contributed by atoms with van der Waals surface area (Å²) in [5, 5.41) is 25.2. The van der Waals surface area contributed by atoms with Gasteiger partial charge in [0.1, 0.15) is 36.3 Å². The van der Waals surface area contributed by atoms with Crippen LogP contribution in [-0.4, -0.2) is 123 Å². The summed E-state index contributed by atoms with van der Waals surface area (Å²) in [4.78, 5) is 110. The van der Waals surface area contributed by atoms with Crippen LogP contribution in [0.1, 0.15) is 62.5 Å². The van der Waals surface area contributed by atoms with E-state index in [-0.39, 0.29) is 57.6 Å². The van der Waals surface area contributed by atoms with Crippen LogP contribution in [0.15, 0.2) is 65.9 Å². The fourth-order valence-corrected chi connectivity index (χ4v) is 8.23. The number of amides is 6. The topological polar surface area (TPSA) is 325 Å². The number of para-hydroxylation sites is 2. The minimum absolute atomic E-state index is 0.0174. The van der Waals surface area contributed by atoms with E-state index >= 15 is 0 Å². The molecule has 2 aliphatic rings. The number of aliphatic carboxylic acids is 1. The van der Waals surface area contributed by atoms with E-state index < -0.39 is 84.1 Å². The number of carboxylic acid groups (broad SMARTS) is 1. The van der Waals surface area contributed by atoms with Crippen LogP contribution < -0.4 is 43.8 Å². The third kappa shape index (κ3) is 11.7. The van der Waals surface area contributed by atoms with Gasteiger partial charge >= 0.3 is 5.97 Å². The number of rotatable bonds is 14. The van der Waals surface area contributed by atoms with Gasteiger partial charge in [-0.1, -0.05) is 36.4 Å². The van der Waals surface area contributed by atoms with E-state index in [0.717, 1.165) is 21.8 Å². The molecule has 4 heterocycles. The number of nitrogens with zero attached hydrogens (tertiary/aromatic N) is 2. The first kappa shape index (κ1) is 45.6. The normalized spacial score (nSPS) is 22.9. The smallest absolute Gasteiger partial charge is 0.305 e. The fourth-order valence-electron chi connectivity index (χ4n) is 8.23. The number of unbranched alkanes of at least 4 members (excludes halogenated alkanes) is 1. The molecule has 4 aromatic rings. The van der Waals surface area contributed by atoms with Crippen LogP contribution in [-0.2, 0) is 46.4 Å². The van der Waals surface area contributed by atoms with Gasteiger partial charge in [-0.15, -0.1) is 0 Å². The van der Waals surface area contributed by atoms with Crippen LogP contribution in [0.25, 0.3) is 21.8 Å². The zero-order chi connectivity index (χ0) is 45.0. The maximum Gasteiger partial charge on any atom is 0.305 e. The van der Waals surface area contributed by atoms with Crippen molar-refractivity contribution in [3.8, 4) is 0 Å². The van der Waals surface area contributed by atoms with Gasteiger partial charge in [-0.25, -0.2) is 0 Å². The summed E-state index contributed by atoms with van der Waals surface area (Å²) in [5.41, 5.74) is 19.8. The summed E-state index contributed by atoms with van der Waals surface area (Å²) in [6, 6.07) is 6.89. The van der Waals surface area contributed by atoms with Crippen molar-refractivity contribution in [1.82, 2.24) is 41.5 Å². The second-order valence-corrected chi connectivity index (χ2v) is 16.0. The molecule has 0 unspecified atom stereocenters. The lowest BCUT2D eigenvalue weighted by Gasteiger charge is -2.31. The minimum atomic E-state index is -1.61. The number of nitrogens with two attached hydrogens (primary N) is 3. The van der Waals surface area contributed by atoms with Gasteiger partial charge in [-0.3, -0.25) is 38.6 Å². The van der Waals surface area contributed by atoms with Gasteiger partial charge in [0.15, 0.2) is 5.96 Å². The van der Waals surface area contributed by atoms with Crippen molar-refractivity contribution in [1.29, 1.82) is 0 Å². The SMILES string of the molecule is NCCCC[C@@H]1NC(=O)[C@H](Cc2c[nH]c3ccccc23)NC(=O)[C@H](CCCN=C(N)N)NC(=O)[C@H](Cc2c[nH]c3ccccc23)NC(=O)[C@@H]2CCCN2C(=O)[C@H](CC(=O)O)NC1=O. The lowest BCUT2D eigenvalue weighted by atomic mass is 10.0. The first-order chi connectivity index (χ1) is 30.3. The fraction of sp³-hybridized carbons (Fsp3) is 0.442. The number of hydrogen-bond acceptors (Lipinski definition) is 9. The Bertz CT molecular complexity index is 2340. The highest BCUT2D eigenvalue weighted by Gasteiger charge is 2.41. The maximum atomic E-state index is 14.5. The molecular weight excluding hydrogens is 813 g/mol. The largest absolute Gasteiger partial charge is 0.481 e. The number of aromatic amines is 2. The van der Waals surface area contributed by atoms with Crippen molar-refractivity contribution >= 4 is 69.2 Å². The van der Waals surface area contributed by atoms with Crippen molar-refractivity contribution in [3.63, 3.8) is 0 Å². The molecule has 20 heteroatoms. The molecule has 20 nitrogen and oxygen atoms in total. The molecule has 0 saturated carbocycles. The number of guanidine groups is 1. The molecule has 0 spiro atoms. The molecule has 6 amide bonds. The van der Waals surface area contributed by atoms with Crippen molar-refractivity contribution < 1.29 is 38.7 Å². The molecule has 6 rings (SSSR count). The third-order valence-electron chi connectivity index (χ3n) is 11.5. The number of carbonyl (C=O) groups is 7. The number of aliphatic imine (C=N–C) groups is 1. The number of nitrogens with one attached hydrogen (secondary N) is 7. The van der Waals surface area contributed by atoms with Crippen LogP contribution >= 0.6 is 0 Å². The van der Waals surface area contributed by atoms with Gasteiger partial charge in [-0.2, -0.15) is 0 Å². The van der Waals surface area contributed by atoms with Gasteiger partial charge in [0.05, 0.1) is 6.42 Å². The molecule has 63 heavy (non-hydrogen) atoms. The van der Waals surface area contributed by atoms with Crippen LogP contribution in [0.4, 0.5) is 0 Å². The number of aromatic nitrogens is 2. The Morgan fingerprint density at radius 2 is 1.16 bits per heavy atom. The molecule has 336 valence electrons. The Morgan fingerprint density at radius 3 is 1.70 bits per heavy atom. The number of carbonyl (C=O) groups excluding carboxylic acids is 6. The van der Waals surface area contributed by atoms with E-state index in [2.05, 4.69) is 41.5 Å². The van der Waals surface area contributed by atoms with Gasteiger partial charge < -0.3 is 63.8 Å². The lowest BCUT2D eigenvalue weighted by molar-refractivity contribution is -0.146. The van der Waals surface area contributed by atoms with Crippen molar-refractivity contribution in [2.24, 2.45) is 22.2 Å². The summed E-state index contributed by atoms with van der Waals surface area (Å²) in [7, 11) is 0. The average molecular weight is 869 g/mol. The third-order valence-corrected chi connectivity index (χ3v) is 11.5. The van der Waals surface area contributed by atoms with Gasteiger partial charge in [-0.05, 0) is 74.8 Å². The maximum absolute atomic E-state index is 14.5. The number of benzene rings is 2. The highest BCUT2D eigenvalue weighted by molar-refractivity contribution is 6.00. The second kappa shape index (κ2) is 21.2. The first-order valence-corrected chi connectivity index (χ1v) is 21.2. The molecule has 2 aromatic heterocycles. The van der Waals surface area contributed by atoms with E-state index in [9.17, 15) is 38.7 Å². The van der Waals surface area contributed by atoms with Crippen molar-refractivity contribution in [2.75, 3.05) is 19.6 Å². The van der Waals surface area contributed by atoms with Crippen molar-refractivity contribution in [3.05, 3.63) is 72.1 Å². The molecule has 6 atom stereocenters. The number of H-pyrrole nitrogens is 2. The molecule has 0 bridgehead atoms. The van der Waals surface area contributed by atoms with E-state index in [4.69, 9.17) is 17.2 Å². The Morgan fingerprint density at radius 1 is 0.667 bits per heavy atom. The number of hydrogen-bond donors (Lipinski definition) is 11. The van der Waals surface area contributed by atoms with Crippen molar-refractivity contribution in [2.45, 2.75) is 100 Å². The molecule has 2 fully saturated rings. The number of fused-ring (bicyclic) bond motifs is 3. The van der Waals surface area contributed by atoms with Crippen LogP contribution in [0.5, 0.6) is 0 Å². The first-order valence-electron chi connectivity index (χ1n) is 21.2. The Labute approximate surface area is 362 Å². The summed E-state index contributed by atoms with van der Waals surface area (Å²) in [6.07, 6.45) is 4.28. The molecule has 2 aliphatic heterocycles. The Kier molecular flexibility index (Phi) is 15.3. The van der Waals surface area contributed by atoms with Crippen LogP contribution in [0.2, 0.25) is 0 Å². The number of carboxylic acids is 1. The molecule has 2 aromatic carbocycles. The quantitative estimate of drug-likeness (QED) is 0.0437. The second-order valence-electron chi connectivity index (χ2n) is 16.0. The monoisotopic (exact) mass is 868 g/mol. The highest BCUT2D eigenvalue weighted by atomic mass is 16.4. The van der Waals surface area contributed by atoms with Gasteiger partial charge in [0, 0.05) is 60.1 Å². The minimum Gasteiger partial charge on any atom is -0.481 e. The van der Waals surface area contributed by atoms with E-state index in [1.165, 1.54) is 4.90 Å². The summed E-state index contributed by atoms with van der Waals surface area (Å²) >= 11 is 0.